The predicted octanol–water partition coefficient (Wildman–Crippen LogP) is 4.45. The van der Waals surface area contributed by atoms with Crippen LogP contribution in [0.15, 0.2) is 42.5 Å². The molecule has 0 bridgehead atoms. The molecule has 2 aromatic carbocycles. The Bertz CT molecular complexity index is 1190. The number of fused-ring (bicyclic) bond motifs is 5. The third-order valence-corrected chi connectivity index (χ3v) is 5.50. The maximum atomic E-state index is 11.1. The second-order valence-electron chi connectivity index (χ2n) is 7.02. The Morgan fingerprint density at radius 1 is 1.00 bits per heavy atom. The van der Waals surface area contributed by atoms with E-state index in [9.17, 15) is 10.2 Å². The number of aromatic nitrogens is 2. The average molecular weight is 360 g/mol. The number of nitrogens with zero attached hydrogens (tertiary/aromatic N) is 1. The lowest BCUT2D eigenvalue weighted by molar-refractivity contribution is 0.401. The molecule has 0 fully saturated rings. The summed E-state index contributed by atoms with van der Waals surface area (Å²) in [5.41, 5.74) is 6.38. The van der Waals surface area contributed by atoms with Crippen LogP contribution in [0, 0.1) is 6.92 Å². The van der Waals surface area contributed by atoms with Crippen LogP contribution in [0.25, 0.3) is 27.7 Å². The Morgan fingerprint density at radius 2 is 1.78 bits per heavy atom. The summed E-state index contributed by atoms with van der Waals surface area (Å²) in [5.74, 6) is 0.949. The van der Waals surface area contributed by atoms with Gasteiger partial charge in [0.15, 0.2) is 0 Å². The van der Waals surface area contributed by atoms with Crippen molar-refractivity contribution in [2.75, 3.05) is 7.11 Å². The van der Waals surface area contributed by atoms with Gasteiger partial charge >= 0.3 is 0 Å². The highest BCUT2D eigenvalue weighted by molar-refractivity contribution is 6.03. The molecule has 0 saturated heterocycles. The number of ether oxygens (including phenoxy) is 1. The zero-order chi connectivity index (χ0) is 18.7. The Hall–Kier alpha value is -3.34. The highest BCUT2D eigenvalue weighted by Gasteiger charge is 2.31. The summed E-state index contributed by atoms with van der Waals surface area (Å²) in [4.78, 5) is 3.51. The second kappa shape index (κ2) is 5.58. The molecular formula is C22H20N2O3. The Morgan fingerprint density at radius 3 is 2.52 bits per heavy atom. The summed E-state index contributed by atoms with van der Waals surface area (Å²) in [5, 5.41) is 23.0. The monoisotopic (exact) mass is 360 g/mol. The van der Waals surface area contributed by atoms with E-state index in [2.05, 4.69) is 4.98 Å². The van der Waals surface area contributed by atoms with Gasteiger partial charge in [-0.3, -0.25) is 4.57 Å². The molecule has 136 valence electrons. The van der Waals surface area contributed by atoms with Crippen molar-refractivity contribution in [3.8, 4) is 34.3 Å². The number of nitrogens with one attached hydrogen (secondary N) is 1. The Balaban J connectivity index is 1.85. The van der Waals surface area contributed by atoms with Crippen LogP contribution in [0.5, 0.6) is 17.5 Å². The van der Waals surface area contributed by atoms with Gasteiger partial charge in [-0.1, -0.05) is 18.2 Å². The van der Waals surface area contributed by atoms with Gasteiger partial charge in [-0.05, 0) is 49.6 Å². The van der Waals surface area contributed by atoms with Crippen LogP contribution < -0.4 is 4.74 Å². The lowest BCUT2D eigenvalue weighted by Gasteiger charge is -2.13. The standard InChI is InChI=1S/C22H20N2O3/c1-12-10-14(27-2)11-16-18-17(23-20(12)16)9-8-15-19(18)22(26)24(21(15)25)13-6-4-3-5-7-13/h3-7,10-11,23,25-26H,8-9H2,1-2H3. The summed E-state index contributed by atoms with van der Waals surface area (Å²) >= 11 is 0. The van der Waals surface area contributed by atoms with Crippen molar-refractivity contribution >= 4 is 10.9 Å². The van der Waals surface area contributed by atoms with E-state index in [4.69, 9.17) is 4.74 Å². The van der Waals surface area contributed by atoms with E-state index in [1.807, 2.05) is 49.4 Å². The average Bonchev–Trinajstić information content (AvgIpc) is 3.18. The highest BCUT2D eigenvalue weighted by atomic mass is 16.5. The number of H-pyrrole nitrogens is 1. The molecule has 5 heteroatoms. The van der Waals surface area contributed by atoms with Gasteiger partial charge < -0.3 is 19.9 Å². The van der Waals surface area contributed by atoms with Crippen LogP contribution in [0.3, 0.4) is 0 Å². The fourth-order valence-electron chi connectivity index (χ4n) is 4.25. The molecule has 0 unspecified atom stereocenters. The van der Waals surface area contributed by atoms with Gasteiger partial charge in [0, 0.05) is 27.7 Å². The number of aryl methyl sites for hydroxylation is 2. The van der Waals surface area contributed by atoms with Crippen molar-refractivity contribution in [1.82, 2.24) is 9.55 Å². The van der Waals surface area contributed by atoms with Gasteiger partial charge in [0.05, 0.1) is 18.4 Å². The van der Waals surface area contributed by atoms with E-state index in [1.54, 1.807) is 7.11 Å². The molecule has 0 radical (unpaired) electrons. The molecule has 0 aliphatic heterocycles. The van der Waals surface area contributed by atoms with Gasteiger partial charge in [-0.2, -0.15) is 0 Å². The van der Waals surface area contributed by atoms with Crippen LogP contribution >= 0.6 is 0 Å². The fraction of sp³-hybridized carbons (Fsp3) is 0.182. The van der Waals surface area contributed by atoms with Crippen LogP contribution in [0.1, 0.15) is 16.8 Å². The molecule has 5 nitrogen and oxygen atoms in total. The second-order valence-corrected chi connectivity index (χ2v) is 7.02. The molecular weight excluding hydrogens is 340 g/mol. The maximum Gasteiger partial charge on any atom is 0.207 e. The first-order valence-corrected chi connectivity index (χ1v) is 9.00. The van der Waals surface area contributed by atoms with Gasteiger partial charge in [-0.15, -0.1) is 0 Å². The number of hydrogen-bond acceptors (Lipinski definition) is 3. The number of rotatable bonds is 2. The lowest BCUT2D eigenvalue weighted by Crippen LogP contribution is -2.00. The molecule has 0 atom stereocenters. The van der Waals surface area contributed by atoms with E-state index in [1.165, 1.54) is 4.57 Å². The zero-order valence-corrected chi connectivity index (χ0v) is 15.2. The molecule has 0 saturated carbocycles. The molecule has 0 amide bonds. The fourth-order valence-corrected chi connectivity index (χ4v) is 4.25. The third-order valence-electron chi connectivity index (χ3n) is 5.50. The number of aromatic amines is 1. The van der Waals surface area contributed by atoms with E-state index in [-0.39, 0.29) is 11.8 Å². The van der Waals surface area contributed by atoms with E-state index < -0.39 is 0 Å². The van der Waals surface area contributed by atoms with Crippen LogP contribution in [0.2, 0.25) is 0 Å². The van der Waals surface area contributed by atoms with Gasteiger partial charge in [0.25, 0.3) is 0 Å². The number of para-hydroxylation sites is 1. The SMILES string of the molecule is COc1cc(C)c2[nH]c3c(c2c1)-c1c(c(O)n(-c2ccccc2)c1O)CC3. The summed E-state index contributed by atoms with van der Waals surface area (Å²) in [6, 6.07) is 13.4. The zero-order valence-electron chi connectivity index (χ0n) is 15.2. The summed E-state index contributed by atoms with van der Waals surface area (Å²) in [7, 11) is 1.65. The molecule has 1 aliphatic carbocycles. The number of methoxy groups -OCH3 is 1. The Kier molecular flexibility index (Phi) is 3.28. The minimum absolute atomic E-state index is 0.0658. The van der Waals surface area contributed by atoms with Gasteiger partial charge in [0.2, 0.25) is 11.8 Å². The summed E-state index contributed by atoms with van der Waals surface area (Å²) in [6.07, 6.45) is 1.45. The first-order valence-electron chi connectivity index (χ1n) is 9.00. The van der Waals surface area contributed by atoms with Crippen molar-refractivity contribution < 1.29 is 14.9 Å². The lowest BCUT2D eigenvalue weighted by atomic mass is 9.90. The van der Waals surface area contributed by atoms with Crippen molar-refractivity contribution in [3.05, 3.63) is 59.3 Å². The number of hydrogen-bond donors (Lipinski definition) is 3. The number of aromatic hydroxyl groups is 2. The smallest absolute Gasteiger partial charge is 0.207 e. The Labute approximate surface area is 156 Å². The van der Waals surface area contributed by atoms with E-state index in [0.29, 0.717) is 12.0 Å². The normalized spacial score (nSPS) is 12.8. The molecule has 27 heavy (non-hydrogen) atoms. The third kappa shape index (κ3) is 2.11. The molecule has 3 N–H and O–H groups in total. The van der Waals surface area contributed by atoms with Gasteiger partial charge in [0.1, 0.15) is 5.75 Å². The van der Waals surface area contributed by atoms with E-state index in [0.717, 1.165) is 51.1 Å². The summed E-state index contributed by atoms with van der Waals surface area (Å²) < 4.78 is 6.97. The molecule has 2 heterocycles. The predicted molar refractivity (Wildman–Crippen MR) is 105 cm³/mol. The quantitative estimate of drug-likeness (QED) is 0.494. The van der Waals surface area contributed by atoms with Crippen LogP contribution in [0.4, 0.5) is 0 Å². The largest absolute Gasteiger partial charge is 0.497 e. The minimum atomic E-state index is 0.0658. The van der Waals surface area contributed by atoms with Crippen molar-refractivity contribution in [3.63, 3.8) is 0 Å². The van der Waals surface area contributed by atoms with E-state index >= 15 is 0 Å². The van der Waals surface area contributed by atoms with Crippen molar-refractivity contribution in [2.24, 2.45) is 0 Å². The molecule has 0 spiro atoms. The molecule has 1 aliphatic rings. The maximum absolute atomic E-state index is 11.1. The first-order chi connectivity index (χ1) is 13.1. The highest BCUT2D eigenvalue weighted by Crippen LogP contribution is 2.50. The minimum Gasteiger partial charge on any atom is -0.497 e. The summed E-state index contributed by atoms with van der Waals surface area (Å²) in [6.45, 7) is 2.04. The number of benzene rings is 2. The van der Waals surface area contributed by atoms with Crippen LogP contribution in [-0.2, 0) is 12.8 Å². The topological polar surface area (TPSA) is 70.4 Å². The van der Waals surface area contributed by atoms with Crippen LogP contribution in [-0.4, -0.2) is 26.9 Å². The molecule has 4 aromatic rings. The first kappa shape index (κ1) is 15.9. The van der Waals surface area contributed by atoms with Crippen molar-refractivity contribution in [2.45, 2.75) is 19.8 Å². The van der Waals surface area contributed by atoms with Crippen molar-refractivity contribution in [1.29, 1.82) is 0 Å². The molecule has 2 aromatic heterocycles. The molecule has 5 rings (SSSR count). The van der Waals surface area contributed by atoms with Gasteiger partial charge in [-0.25, -0.2) is 0 Å².